The first-order chi connectivity index (χ1) is 13.3. The Kier molecular flexibility index (Phi) is 6.16. The average Bonchev–Trinajstić information content (AvgIpc) is 3.46. The summed E-state index contributed by atoms with van der Waals surface area (Å²) < 4.78 is 43.0. The molecule has 0 spiro atoms. The second-order valence-electron chi connectivity index (χ2n) is 7.62. The van der Waals surface area contributed by atoms with Gasteiger partial charge in [0, 0.05) is 18.4 Å². The molecule has 2 atom stereocenters. The largest absolute Gasteiger partial charge is 0.507 e. The van der Waals surface area contributed by atoms with Crippen LogP contribution in [0.1, 0.15) is 67.8 Å². The van der Waals surface area contributed by atoms with Gasteiger partial charge in [0.05, 0.1) is 5.56 Å². The molecule has 2 aromatic rings. The molecule has 1 aromatic carbocycles. The maximum Gasteiger partial charge on any atom is 0.389 e. The molecular formula is C22H25F3O3. The highest BCUT2D eigenvalue weighted by molar-refractivity contribution is 5.34. The Morgan fingerprint density at radius 2 is 1.89 bits per heavy atom. The van der Waals surface area contributed by atoms with E-state index in [0.717, 1.165) is 18.4 Å². The highest BCUT2D eigenvalue weighted by Crippen LogP contribution is 2.45. The number of benzene rings is 1. The summed E-state index contributed by atoms with van der Waals surface area (Å²) >= 11 is 0. The zero-order chi connectivity index (χ0) is 20.3. The van der Waals surface area contributed by atoms with Gasteiger partial charge in [-0.2, -0.15) is 13.2 Å². The summed E-state index contributed by atoms with van der Waals surface area (Å²) in [4.78, 5) is 12.5. The fourth-order valence-electron chi connectivity index (χ4n) is 3.77. The van der Waals surface area contributed by atoms with Crippen LogP contribution in [0.3, 0.4) is 0 Å². The van der Waals surface area contributed by atoms with E-state index in [4.69, 9.17) is 4.42 Å². The van der Waals surface area contributed by atoms with Crippen molar-refractivity contribution in [1.82, 2.24) is 0 Å². The van der Waals surface area contributed by atoms with E-state index in [9.17, 15) is 23.1 Å². The second-order valence-corrected chi connectivity index (χ2v) is 7.62. The van der Waals surface area contributed by atoms with Crippen molar-refractivity contribution < 1.29 is 22.7 Å². The molecule has 0 saturated heterocycles. The summed E-state index contributed by atoms with van der Waals surface area (Å²) in [5.41, 5.74) is 0.668. The molecule has 1 N–H and O–H groups in total. The van der Waals surface area contributed by atoms with Crippen molar-refractivity contribution in [2.45, 2.75) is 63.5 Å². The maximum atomic E-state index is 12.5. The zero-order valence-corrected chi connectivity index (χ0v) is 15.8. The van der Waals surface area contributed by atoms with E-state index in [1.165, 1.54) is 6.07 Å². The SMILES string of the molecule is CCC(CCC(F)(F)F)c1cc(O)c(CC(c2ccccc2)C2CC2)c(=O)o1. The lowest BCUT2D eigenvalue weighted by molar-refractivity contribution is -0.136. The number of rotatable bonds is 8. The Balaban J connectivity index is 1.82. The van der Waals surface area contributed by atoms with Gasteiger partial charge in [-0.1, -0.05) is 37.3 Å². The molecule has 3 nitrogen and oxygen atoms in total. The predicted octanol–water partition coefficient (Wildman–Crippen LogP) is 5.92. The Labute approximate surface area is 162 Å². The van der Waals surface area contributed by atoms with Gasteiger partial charge < -0.3 is 9.52 Å². The lowest BCUT2D eigenvalue weighted by atomic mass is 9.88. The number of hydrogen-bond acceptors (Lipinski definition) is 3. The first-order valence-electron chi connectivity index (χ1n) is 9.76. The molecule has 1 saturated carbocycles. The van der Waals surface area contributed by atoms with Gasteiger partial charge in [-0.3, -0.25) is 0 Å². The summed E-state index contributed by atoms with van der Waals surface area (Å²) in [7, 11) is 0. The molecule has 6 heteroatoms. The van der Waals surface area contributed by atoms with Crippen molar-refractivity contribution in [2.75, 3.05) is 0 Å². The molecule has 28 heavy (non-hydrogen) atoms. The highest BCUT2D eigenvalue weighted by Gasteiger charge is 2.34. The molecule has 0 bridgehead atoms. The van der Waals surface area contributed by atoms with Gasteiger partial charge in [-0.25, -0.2) is 4.79 Å². The number of aromatic hydroxyl groups is 1. The molecule has 0 radical (unpaired) electrons. The number of hydrogen-bond donors (Lipinski definition) is 1. The van der Waals surface area contributed by atoms with Crippen molar-refractivity contribution in [1.29, 1.82) is 0 Å². The Morgan fingerprint density at radius 3 is 2.43 bits per heavy atom. The topological polar surface area (TPSA) is 50.4 Å². The van der Waals surface area contributed by atoms with E-state index in [2.05, 4.69) is 0 Å². The van der Waals surface area contributed by atoms with E-state index in [0.29, 0.717) is 18.8 Å². The fraction of sp³-hybridized carbons (Fsp3) is 0.500. The standard InChI is InChI=1S/C22H25F3O3/c1-2-14(10-11-22(23,24)25)20-13-19(26)18(21(27)28-20)12-17(16-8-9-16)15-6-4-3-5-7-15/h3-7,13-14,16-17,26H,2,8-12H2,1H3. The van der Waals surface area contributed by atoms with Gasteiger partial charge >= 0.3 is 11.8 Å². The first-order valence-corrected chi connectivity index (χ1v) is 9.76. The molecule has 0 amide bonds. The van der Waals surface area contributed by atoms with Crippen LogP contribution in [-0.2, 0) is 6.42 Å². The van der Waals surface area contributed by atoms with Gasteiger partial charge in [0.15, 0.2) is 0 Å². The molecule has 1 aliphatic carbocycles. The summed E-state index contributed by atoms with van der Waals surface area (Å²) in [6.07, 6.45) is -2.46. The second kappa shape index (κ2) is 8.41. The predicted molar refractivity (Wildman–Crippen MR) is 101 cm³/mol. The molecule has 1 heterocycles. The minimum absolute atomic E-state index is 0.119. The van der Waals surface area contributed by atoms with Crippen LogP contribution in [0.25, 0.3) is 0 Å². The van der Waals surface area contributed by atoms with E-state index < -0.39 is 24.1 Å². The van der Waals surface area contributed by atoms with Crippen LogP contribution >= 0.6 is 0 Å². The molecule has 1 fully saturated rings. The number of alkyl halides is 3. The molecule has 0 aliphatic heterocycles. The van der Waals surface area contributed by atoms with Crippen LogP contribution in [0.2, 0.25) is 0 Å². The monoisotopic (exact) mass is 394 g/mol. The molecule has 3 rings (SSSR count). The molecule has 1 aromatic heterocycles. The van der Waals surface area contributed by atoms with Gasteiger partial charge in [0.1, 0.15) is 11.5 Å². The van der Waals surface area contributed by atoms with Gasteiger partial charge in [-0.05, 0) is 49.5 Å². The zero-order valence-electron chi connectivity index (χ0n) is 15.8. The number of halogens is 3. The van der Waals surface area contributed by atoms with Gasteiger partial charge in [0.2, 0.25) is 0 Å². The fourth-order valence-corrected chi connectivity index (χ4v) is 3.77. The van der Waals surface area contributed by atoms with E-state index in [-0.39, 0.29) is 29.4 Å². The van der Waals surface area contributed by atoms with Crippen LogP contribution in [0.5, 0.6) is 5.75 Å². The smallest absolute Gasteiger partial charge is 0.389 e. The molecular weight excluding hydrogens is 369 g/mol. The minimum Gasteiger partial charge on any atom is -0.507 e. The van der Waals surface area contributed by atoms with Crippen molar-refractivity contribution >= 4 is 0 Å². The van der Waals surface area contributed by atoms with E-state index >= 15 is 0 Å². The highest BCUT2D eigenvalue weighted by atomic mass is 19.4. The lowest BCUT2D eigenvalue weighted by Crippen LogP contribution is -2.16. The Morgan fingerprint density at radius 1 is 1.21 bits per heavy atom. The van der Waals surface area contributed by atoms with Crippen LogP contribution in [0, 0.1) is 5.92 Å². The summed E-state index contributed by atoms with van der Waals surface area (Å²) in [6.45, 7) is 1.74. The van der Waals surface area contributed by atoms with E-state index in [1.54, 1.807) is 6.92 Å². The summed E-state index contributed by atoms with van der Waals surface area (Å²) in [5, 5.41) is 10.5. The van der Waals surface area contributed by atoms with Crippen molar-refractivity contribution in [3.8, 4) is 5.75 Å². The normalized spacial score (nSPS) is 16.7. The Bertz CT molecular complexity index is 838. The average molecular weight is 394 g/mol. The third-order valence-electron chi connectivity index (χ3n) is 5.56. The Hall–Kier alpha value is -2.24. The van der Waals surface area contributed by atoms with Crippen molar-refractivity contribution in [2.24, 2.45) is 5.92 Å². The third kappa shape index (κ3) is 5.18. The summed E-state index contributed by atoms with van der Waals surface area (Å²) in [5.74, 6) is -0.0225. The quantitative estimate of drug-likeness (QED) is 0.605. The third-order valence-corrected chi connectivity index (χ3v) is 5.56. The summed E-state index contributed by atoms with van der Waals surface area (Å²) in [6, 6.07) is 11.2. The van der Waals surface area contributed by atoms with Gasteiger partial charge in [0.25, 0.3) is 0 Å². The first kappa shape index (κ1) is 20.5. The molecule has 2 unspecified atom stereocenters. The maximum absolute atomic E-state index is 12.5. The molecule has 1 aliphatic rings. The minimum atomic E-state index is -4.26. The van der Waals surface area contributed by atoms with Crippen LogP contribution in [-0.4, -0.2) is 11.3 Å². The lowest BCUT2D eigenvalue weighted by Gasteiger charge is -2.19. The van der Waals surface area contributed by atoms with Gasteiger partial charge in [-0.15, -0.1) is 0 Å². The van der Waals surface area contributed by atoms with Crippen molar-refractivity contribution in [3.63, 3.8) is 0 Å². The van der Waals surface area contributed by atoms with Crippen molar-refractivity contribution in [3.05, 3.63) is 63.7 Å². The van der Waals surface area contributed by atoms with E-state index in [1.807, 2.05) is 30.3 Å². The van der Waals surface area contributed by atoms with Crippen LogP contribution < -0.4 is 5.63 Å². The van der Waals surface area contributed by atoms with Crippen LogP contribution in [0.15, 0.2) is 45.6 Å². The molecule has 152 valence electrons. The van der Waals surface area contributed by atoms with Crippen LogP contribution in [0.4, 0.5) is 13.2 Å².